The van der Waals surface area contributed by atoms with E-state index in [-0.39, 0.29) is 41.7 Å². The van der Waals surface area contributed by atoms with Crippen molar-refractivity contribution >= 4 is 16.0 Å². The number of nitrogens with two attached hydrogens (primary N) is 1. The number of hydrogen-bond acceptors (Lipinski definition) is 5. The van der Waals surface area contributed by atoms with Gasteiger partial charge in [-0.15, -0.1) is 0 Å². The van der Waals surface area contributed by atoms with E-state index in [0.717, 1.165) is 76.2 Å². The van der Waals surface area contributed by atoms with Crippen LogP contribution in [0.4, 0.5) is 0 Å². The zero-order valence-electron chi connectivity index (χ0n) is 26.7. The lowest BCUT2D eigenvalue weighted by Crippen LogP contribution is -2.55. The molecule has 0 radical (unpaired) electrons. The van der Waals surface area contributed by atoms with Gasteiger partial charge in [-0.2, -0.15) is 4.31 Å². The Labute approximate surface area is 255 Å². The highest BCUT2D eigenvalue weighted by Crippen LogP contribution is 2.67. The molecule has 4 fully saturated rings. The molecular weight excluding hydrogens is 544 g/mol. The maximum atomic E-state index is 14.8. The lowest BCUT2D eigenvalue weighted by atomic mass is 9.69. The molecule has 4 atom stereocenters. The topological polar surface area (TPSA) is 89.7 Å². The molecule has 0 aromatic heterocycles. The average Bonchev–Trinajstić information content (AvgIpc) is 3.32. The normalized spacial score (nSPS) is 30.1. The molecule has 7 heteroatoms. The minimum absolute atomic E-state index is 0.0189. The highest BCUT2D eigenvalue weighted by molar-refractivity contribution is 7.89. The number of hydrogen-bond donors (Lipinski definition) is 1. The number of rotatable bonds is 11. The van der Waals surface area contributed by atoms with Crippen LogP contribution in [-0.2, 0) is 26.0 Å². The first kappa shape index (κ1) is 32.0. The maximum absolute atomic E-state index is 14.8. The number of benzene rings is 1. The minimum atomic E-state index is -3.58. The van der Waals surface area contributed by atoms with E-state index in [0.29, 0.717) is 12.3 Å². The van der Waals surface area contributed by atoms with Crippen molar-refractivity contribution in [1.29, 1.82) is 0 Å². The molecule has 5 rings (SSSR count). The Balaban J connectivity index is 1.45. The molecule has 1 aromatic carbocycles. The zero-order chi connectivity index (χ0) is 30.2. The van der Waals surface area contributed by atoms with E-state index >= 15 is 0 Å². The summed E-state index contributed by atoms with van der Waals surface area (Å²) in [4.78, 5) is 14.3. The van der Waals surface area contributed by atoms with Crippen LogP contribution in [0, 0.1) is 28.1 Å². The van der Waals surface area contributed by atoms with Crippen LogP contribution in [0.3, 0.4) is 0 Å². The van der Waals surface area contributed by atoms with Crippen LogP contribution in [-0.4, -0.2) is 49.2 Å². The molecule has 4 saturated carbocycles. The molecule has 0 heterocycles. The second-order valence-electron chi connectivity index (χ2n) is 15.1. The molecule has 4 aliphatic carbocycles. The maximum Gasteiger partial charge on any atom is 0.314 e. The number of sulfonamides is 1. The molecule has 0 aliphatic heterocycles. The van der Waals surface area contributed by atoms with Gasteiger partial charge in [0.1, 0.15) is 6.10 Å². The van der Waals surface area contributed by atoms with Crippen LogP contribution < -0.4 is 5.73 Å². The predicted octanol–water partition coefficient (Wildman–Crippen LogP) is 6.87. The minimum Gasteiger partial charge on any atom is -0.461 e. The Hall–Kier alpha value is -1.44. The molecule has 0 unspecified atom stereocenters. The van der Waals surface area contributed by atoms with Crippen molar-refractivity contribution in [2.75, 3.05) is 12.3 Å². The fourth-order valence-electron chi connectivity index (χ4n) is 9.44. The Bertz CT molecular complexity index is 1150. The van der Waals surface area contributed by atoms with Gasteiger partial charge in [-0.25, -0.2) is 8.42 Å². The van der Waals surface area contributed by atoms with Crippen molar-refractivity contribution in [1.82, 2.24) is 4.31 Å². The summed E-state index contributed by atoms with van der Waals surface area (Å²) in [5.74, 6) is 0.161. The van der Waals surface area contributed by atoms with Gasteiger partial charge < -0.3 is 10.5 Å². The Morgan fingerprint density at radius 3 is 2.05 bits per heavy atom. The van der Waals surface area contributed by atoms with Crippen LogP contribution in [0.1, 0.15) is 117 Å². The number of esters is 1. The quantitative estimate of drug-likeness (QED) is 0.280. The summed E-state index contributed by atoms with van der Waals surface area (Å²) in [6, 6.07) is 10.3. The SMILES string of the molecule is CC(C)[C@@](CN)(Cc1ccccc1)C(=O)O[C@@H]1C[C@H]2CC[C@]1(CS(=O)(=O)N(C1CCCCC1)C1CCCCC1)C2(C)C. The monoisotopic (exact) mass is 600 g/mol. The number of nitrogens with zero attached hydrogens (tertiary/aromatic N) is 1. The highest BCUT2D eigenvalue weighted by atomic mass is 32.2. The van der Waals surface area contributed by atoms with Gasteiger partial charge in [0.15, 0.2) is 0 Å². The third-order valence-corrected chi connectivity index (χ3v) is 14.6. The lowest BCUT2D eigenvalue weighted by Gasteiger charge is -2.46. The Morgan fingerprint density at radius 1 is 0.976 bits per heavy atom. The number of fused-ring (bicyclic) bond motifs is 2. The van der Waals surface area contributed by atoms with Gasteiger partial charge in [0.05, 0.1) is 11.2 Å². The summed E-state index contributed by atoms with van der Waals surface area (Å²) in [6.07, 6.45) is 13.4. The van der Waals surface area contributed by atoms with E-state index < -0.39 is 27.0 Å². The van der Waals surface area contributed by atoms with E-state index in [1.165, 1.54) is 12.8 Å². The van der Waals surface area contributed by atoms with Gasteiger partial charge in [-0.3, -0.25) is 4.79 Å². The summed E-state index contributed by atoms with van der Waals surface area (Å²) in [5, 5.41) is 0. The Kier molecular flexibility index (Phi) is 9.52. The fraction of sp³-hybridized carbons (Fsp3) is 0.800. The first-order chi connectivity index (χ1) is 20.0. The molecule has 0 saturated heterocycles. The van der Waals surface area contributed by atoms with Crippen molar-refractivity contribution in [3.05, 3.63) is 35.9 Å². The van der Waals surface area contributed by atoms with Crippen molar-refractivity contribution in [3.63, 3.8) is 0 Å². The largest absolute Gasteiger partial charge is 0.461 e. The van der Waals surface area contributed by atoms with E-state index in [4.69, 9.17) is 10.5 Å². The first-order valence-corrected chi connectivity index (χ1v) is 18.5. The third-order valence-electron chi connectivity index (χ3n) is 12.5. The number of ether oxygens (including phenoxy) is 1. The van der Waals surface area contributed by atoms with Crippen molar-refractivity contribution in [3.8, 4) is 0 Å². The van der Waals surface area contributed by atoms with Gasteiger partial charge in [-0.05, 0) is 74.2 Å². The molecule has 1 aromatic rings. The average molecular weight is 601 g/mol. The summed E-state index contributed by atoms with van der Waals surface area (Å²) in [7, 11) is -3.58. The van der Waals surface area contributed by atoms with Crippen LogP contribution >= 0.6 is 0 Å². The second-order valence-corrected chi connectivity index (χ2v) is 17.0. The summed E-state index contributed by atoms with van der Waals surface area (Å²) in [5.41, 5.74) is 5.79. The second kappa shape index (κ2) is 12.5. The predicted molar refractivity (Wildman–Crippen MR) is 169 cm³/mol. The standard InChI is InChI=1S/C35H56N2O4S/c1-26(2)34(24-36,23-27-14-8-5-9-15-27)32(38)41-31-22-28-20-21-35(31,33(28,3)4)25-42(39,40)37(29-16-10-6-11-17-29)30-18-12-7-13-19-30/h5,8-9,14-15,26,28-31H,6-7,10-13,16-25,36H2,1-4H3/t28-,31-,34+,35-/m1/s1. The fourth-order valence-corrected chi connectivity index (χ4v) is 12.3. The molecule has 236 valence electrons. The van der Waals surface area contributed by atoms with Crippen LogP contribution in [0.15, 0.2) is 30.3 Å². The first-order valence-electron chi connectivity index (χ1n) is 16.9. The Morgan fingerprint density at radius 2 is 1.55 bits per heavy atom. The number of carbonyl (C=O) groups excluding carboxylic acids is 1. The molecule has 0 spiro atoms. The molecule has 0 amide bonds. The smallest absolute Gasteiger partial charge is 0.314 e. The van der Waals surface area contributed by atoms with Crippen molar-refractivity contribution in [2.24, 2.45) is 33.8 Å². The molecule has 4 aliphatic rings. The van der Waals surface area contributed by atoms with Crippen molar-refractivity contribution < 1.29 is 17.9 Å². The van der Waals surface area contributed by atoms with Gasteiger partial charge in [-0.1, -0.05) is 96.6 Å². The van der Waals surface area contributed by atoms with E-state index in [2.05, 4.69) is 13.8 Å². The van der Waals surface area contributed by atoms with Gasteiger partial charge >= 0.3 is 5.97 Å². The van der Waals surface area contributed by atoms with Crippen LogP contribution in [0.25, 0.3) is 0 Å². The summed E-state index contributed by atoms with van der Waals surface area (Å²) >= 11 is 0. The highest BCUT2D eigenvalue weighted by Gasteiger charge is 2.67. The van der Waals surface area contributed by atoms with Crippen LogP contribution in [0.5, 0.6) is 0 Å². The van der Waals surface area contributed by atoms with Gasteiger partial charge in [0, 0.05) is 24.0 Å². The molecule has 2 bridgehead atoms. The van der Waals surface area contributed by atoms with E-state index in [1.807, 2.05) is 48.5 Å². The van der Waals surface area contributed by atoms with E-state index in [9.17, 15) is 13.2 Å². The van der Waals surface area contributed by atoms with Gasteiger partial charge in [0.2, 0.25) is 10.0 Å². The molecular formula is C35H56N2O4S. The summed E-state index contributed by atoms with van der Waals surface area (Å²) < 4.78 is 38.1. The molecule has 6 nitrogen and oxygen atoms in total. The van der Waals surface area contributed by atoms with Gasteiger partial charge in [0.25, 0.3) is 0 Å². The van der Waals surface area contributed by atoms with Crippen LogP contribution in [0.2, 0.25) is 0 Å². The van der Waals surface area contributed by atoms with E-state index in [1.54, 1.807) is 0 Å². The molecule has 2 N–H and O–H groups in total. The number of carbonyl (C=O) groups is 1. The van der Waals surface area contributed by atoms with Crippen molar-refractivity contribution in [2.45, 2.75) is 136 Å². The summed E-state index contributed by atoms with van der Waals surface area (Å²) in [6.45, 7) is 8.77. The molecule has 42 heavy (non-hydrogen) atoms. The zero-order valence-corrected chi connectivity index (χ0v) is 27.5. The third kappa shape index (κ3) is 5.72. The lowest BCUT2D eigenvalue weighted by molar-refractivity contribution is -0.171.